The average molecular weight is 260 g/mol. The number of piperidine rings is 1. The Bertz CT molecular complexity index is 479. The number of halogens is 1. The van der Waals surface area contributed by atoms with Gasteiger partial charge < -0.3 is 5.73 Å². The van der Waals surface area contributed by atoms with Crippen molar-refractivity contribution in [3.63, 3.8) is 0 Å². The van der Waals surface area contributed by atoms with Gasteiger partial charge in [0.05, 0.1) is 6.54 Å². The van der Waals surface area contributed by atoms with Crippen LogP contribution in [0, 0.1) is 23.6 Å². The SMILES string of the molecule is CC1CCN(Cc2cc(F)cc(C#CCN)c2)CC1. The van der Waals surface area contributed by atoms with Crippen molar-refractivity contribution in [1.82, 2.24) is 4.90 Å². The molecule has 1 saturated heterocycles. The third-order valence-corrected chi connectivity index (χ3v) is 3.57. The molecule has 0 amide bonds. The number of hydrogen-bond donors (Lipinski definition) is 1. The van der Waals surface area contributed by atoms with E-state index in [0.29, 0.717) is 12.1 Å². The van der Waals surface area contributed by atoms with Gasteiger partial charge in [-0.25, -0.2) is 4.39 Å². The molecule has 19 heavy (non-hydrogen) atoms. The van der Waals surface area contributed by atoms with Gasteiger partial charge in [-0.15, -0.1) is 0 Å². The molecule has 1 aliphatic rings. The lowest BCUT2D eigenvalue weighted by atomic mass is 9.98. The van der Waals surface area contributed by atoms with E-state index >= 15 is 0 Å². The maximum atomic E-state index is 13.6. The molecule has 2 N–H and O–H groups in total. The zero-order valence-electron chi connectivity index (χ0n) is 11.5. The van der Waals surface area contributed by atoms with E-state index in [9.17, 15) is 4.39 Å². The monoisotopic (exact) mass is 260 g/mol. The summed E-state index contributed by atoms with van der Waals surface area (Å²) in [7, 11) is 0. The molecule has 0 atom stereocenters. The van der Waals surface area contributed by atoms with Gasteiger partial charge in [-0.05, 0) is 55.6 Å². The Morgan fingerprint density at radius 1 is 1.32 bits per heavy atom. The fraction of sp³-hybridized carbons (Fsp3) is 0.500. The molecular formula is C16H21FN2. The molecule has 102 valence electrons. The summed E-state index contributed by atoms with van der Waals surface area (Å²) in [5, 5.41) is 0. The molecule has 1 aliphatic heterocycles. The van der Waals surface area contributed by atoms with Crippen molar-refractivity contribution in [2.75, 3.05) is 19.6 Å². The molecule has 0 unspecified atom stereocenters. The minimum Gasteiger partial charge on any atom is -0.320 e. The lowest BCUT2D eigenvalue weighted by Crippen LogP contribution is -2.32. The summed E-state index contributed by atoms with van der Waals surface area (Å²) in [5.41, 5.74) is 7.05. The van der Waals surface area contributed by atoms with E-state index in [1.54, 1.807) is 6.07 Å². The Balaban J connectivity index is 2.05. The molecule has 2 nitrogen and oxygen atoms in total. The highest BCUT2D eigenvalue weighted by Crippen LogP contribution is 2.19. The lowest BCUT2D eigenvalue weighted by molar-refractivity contribution is 0.185. The first kappa shape index (κ1) is 14.0. The second kappa shape index (κ2) is 6.70. The predicted octanol–water partition coefficient (Wildman–Crippen LogP) is 2.37. The third kappa shape index (κ3) is 4.34. The Labute approximate surface area is 114 Å². The summed E-state index contributed by atoms with van der Waals surface area (Å²) in [6.45, 7) is 5.60. The Morgan fingerprint density at radius 2 is 2.05 bits per heavy atom. The van der Waals surface area contributed by atoms with Crippen LogP contribution in [0.15, 0.2) is 18.2 Å². The molecule has 1 heterocycles. The summed E-state index contributed by atoms with van der Waals surface area (Å²) in [6, 6.07) is 5.03. The van der Waals surface area contributed by atoms with Crippen LogP contribution in [-0.4, -0.2) is 24.5 Å². The van der Waals surface area contributed by atoms with Gasteiger partial charge in [0.2, 0.25) is 0 Å². The minimum atomic E-state index is -0.218. The van der Waals surface area contributed by atoms with Gasteiger partial charge in [0.1, 0.15) is 5.82 Å². The van der Waals surface area contributed by atoms with Gasteiger partial charge in [-0.1, -0.05) is 18.8 Å². The van der Waals surface area contributed by atoms with Crippen LogP contribution in [0.1, 0.15) is 30.9 Å². The molecule has 0 radical (unpaired) electrons. The van der Waals surface area contributed by atoms with E-state index in [1.165, 1.54) is 18.9 Å². The summed E-state index contributed by atoms with van der Waals surface area (Å²) in [4.78, 5) is 2.38. The molecule has 0 spiro atoms. The van der Waals surface area contributed by atoms with Gasteiger partial charge in [0.15, 0.2) is 0 Å². The van der Waals surface area contributed by atoms with Crippen LogP contribution in [0.4, 0.5) is 4.39 Å². The second-order valence-corrected chi connectivity index (χ2v) is 5.31. The molecule has 0 aromatic heterocycles. The average Bonchev–Trinajstić information content (AvgIpc) is 2.38. The first-order chi connectivity index (χ1) is 9.17. The standard InChI is InChI=1S/C16H21FN2/c1-13-4-7-19(8-5-13)12-15-9-14(3-2-6-18)10-16(17)11-15/h9-11,13H,4-8,12,18H2,1H3. The highest BCUT2D eigenvalue weighted by molar-refractivity contribution is 5.38. The maximum Gasteiger partial charge on any atom is 0.124 e. The summed E-state index contributed by atoms with van der Waals surface area (Å²) < 4.78 is 13.6. The topological polar surface area (TPSA) is 29.3 Å². The predicted molar refractivity (Wildman–Crippen MR) is 76.0 cm³/mol. The molecule has 1 fully saturated rings. The molecule has 0 aliphatic carbocycles. The fourth-order valence-electron chi connectivity index (χ4n) is 2.45. The van der Waals surface area contributed by atoms with Crippen molar-refractivity contribution >= 4 is 0 Å². The quantitative estimate of drug-likeness (QED) is 0.827. The summed E-state index contributed by atoms with van der Waals surface area (Å²) >= 11 is 0. The maximum absolute atomic E-state index is 13.6. The molecule has 1 aromatic rings. The Morgan fingerprint density at radius 3 is 2.74 bits per heavy atom. The number of likely N-dealkylation sites (tertiary alicyclic amines) is 1. The highest BCUT2D eigenvalue weighted by Gasteiger charge is 2.15. The van der Waals surface area contributed by atoms with Gasteiger partial charge in [0, 0.05) is 12.1 Å². The summed E-state index contributed by atoms with van der Waals surface area (Å²) in [6.07, 6.45) is 2.46. The fourth-order valence-corrected chi connectivity index (χ4v) is 2.45. The molecule has 2 rings (SSSR count). The van der Waals surface area contributed by atoms with Crippen LogP contribution in [0.3, 0.4) is 0 Å². The van der Waals surface area contributed by atoms with Gasteiger partial charge in [0.25, 0.3) is 0 Å². The molecule has 0 saturated carbocycles. The highest BCUT2D eigenvalue weighted by atomic mass is 19.1. The van der Waals surface area contributed by atoms with E-state index in [1.807, 2.05) is 6.07 Å². The van der Waals surface area contributed by atoms with Crippen molar-refractivity contribution < 1.29 is 4.39 Å². The number of benzene rings is 1. The van der Waals surface area contributed by atoms with Gasteiger partial charge >= 0.3 is 0 Å². The van der Waals surface area contributed by atoms with E-state index in [0.717, 1.165) is 31.1 Å². The molecule has 0 bridgehead atoms. The van der Waals surface area contributed by atoms with Gasteiger partial charge in [-0.2, -0.15) is 0 Å². The van der Waals surface area contributed by atoms with Crippen LogP contribution in [0.2, 0.25) is 0 Å². The first-order valence-corrected chi connectivity index (χ1v) is 6.88. The van der Waals surface area contributed by atoms with Crippen molar-refractivity contribution in [3.05, 3.63) is 35.1 Å². The lowest BCUT2D eigenvalue weighted by Gasteiger charge is -2.30. The summed E-state index contributed by atoms with van der Waals surface area (Å²) in [5.74, 6) is 6.26. The Kier molecular flexibility index (Phi) is 4.95. The van der Waals surface area contributed by atoms with Crippen LogP contribution in [-0.2, 0) is 6.54 Å². The van der Waals surface area contributed by atoms with Crippen LogP contribution in [0.5, 0.6) is 0 Å². The van der Waals surface area contributed by atoms with Crippen LogP contribution < -0.4 is 5.73 Å². The van der Waals surface area contributed by atoms with Gasteiger partial charge in [-0.3, -0.25) is 4.90 Å². The number of nitrogens with zero attached hydrogens (tertiary/aromatic N) is 1. The zero-order chi connectivity index (χ0) is 13.7. The van der Waals surface area contributed by atoms with Crippen LogP contribution >= 0.6 is 0 Å². The van der Waals surface area contributed by atoms with E-state index in [-0.39, 0.29) is 5.82 Å². The number of nitrogens with two attached hydrogens (primary N) is 1. The largest absolute Gasteiger partial charge is 0.320 e. The molecular weight excluding hydrogens is 239 g/mol. The smallest absolute Gasteiger partial charge is 0.124 e. The van der Waals surface area contributed by atoms with E-state index in [4.69, 9.17) is 5.73 Å². The van der Waals surface area contributed by atoms with Crippen molar-refractivity contribution in [2.45, 2.75) is 26.3 Å². The normalized spacial score (nSPS) is 17.0. The minimum absolute atomic E-state index is 0.218. The zero-order valence-corrected chi connectivity index (χ0v) is 11.5. The Hall–Kier alpha value is -1.37. The van der Waals surface area contributed by atoms with Crippen LogP contribution in [0.25, 0.3) is 0 Å². The van der Waals surface area contributed by atoms with E-state index < -0.39 is 0 Å². The second-order valence-electron chi connectivity index (χ2n) is 5.31. The number of hydrogen-bond acceptors (Lipinski definition) is 2. The molecule has 1 aromatic carbocycles. The van der Waals surface area contributed by atoms with Crippen molar-refractivity contribution in [2.24, 2.45) is 11.7 Å². The first-order valence-electron chi connectivity index (χ1n) is 6.88. The van der Waals surface area contributed by atoms with Crippen molar-refractivity contribution in [3.8, 4) is 11.8 Å². The van der Waals surface area contributed by atoms with E-state index in [2.05, 4.69) is 23.7 Å². The van der Waals surface area contributed by atoms with Crippen molar-refractivity contribution in [1.29, 1.82) is 0 Å². The molecule has 3 heteroatoms. The third-order valence-electron chi connectivity index (χ3n) is 3.57. The number of rotatable bonds is 2.